The lowest BCUT2D eigenvalue weighted by molar-refractivity contribution is -0.150. The lowest BCUT2D eigenvalue weighted by Crippen LogP contribution is -2.52. The van der Waals surface area contributed by atoms with E-state index in [9.17, 15) is 9.90 Å². The summed E-state index contributed by atoms with van der Waals surface area (Å²) in [6, 6.07) is 16.4. The van der Waals surface area contributed by atoms with E-state index >= 15 is 0 Å². The standard InChI is InChI=1S/C28H24N4O3/c1-2-35-27(34)28(29)12-14-11-20(28)32-19-10-6-3-7-15(19)21-17-13-30-26(33)23(17)22-16-8-4-5-9-18(16)31(14)25(22)24(21)32/h3-10,13-14,20,30,33H,2,11-12,29H2,1H3/t14?,20?,28-/m0/s1. The first-order valence-corrected chi connectivity index (χ1v) is 12.2. The minimum absolute atomic E-state index is 0.0252. The van der Waals surface area contributed by atoms with Crippen molar-refractivity contribution < 1.29 is 14.6 Å². The summed E-state index contributed by atoms with van der Waals surface area (Å²) < 4.78 is 10.2. The van der Waals surface area contributed by atoms with Crippen molar-refractivity contribution in [2.75, 3.05) is 6.61 Å². The van der Waals surface area contributed by atoms with Crippen LogP contribution in [0.3, 0.4) is 0 Å². The highest BCUT2D eigenvalue weighted by Crippen LogP contribution is 2.56. The molecule has 35 heavy (non-hydrogen) atoms. The lowest BCUT2D eigenvalue weighted by Gasteiger charge is -2.31. The van der Waals surface area contributed by atoms with E-state index in [-0.39, 0.29) is 23.9 Å². The van der Waals surface area contributed by atoms with E-state index in [1.807, 2.05) is 37.4 Å². The van der Waals surface area contributed by atoms with E-state index in [1.165, 1.54) is 0 Å². The van der Waals surface area contributed by atoms with Crippen molar-refractivity contribution in [1.29, 1.82) is 0 Å². The number of hydrogen-bond donors (Lipinski definition) is 3. The number of aromatic hydroxyl groups is 1. The fraction of sp³-hybridized carbons (Fsp3) is 0.250. The van der Waals surface area contributed by atoms with Gasteiger partial charge in [-0.1, -0.05) is 36.4 Å². The van der Waals surface area contributed by atoms with Crippen molar-refractivity contribution >= 4 is 60.4 Å². The normalized spacial score (nSPS) is 23.4. The molecule has 7 heteroatoms. The molecule has 1 saturated carbocycles. The van der Waals surface area contributed by atoms with E-state index in [2.05, 4.69) is 38.4 Å². The summed E-state index contributed by atoms with van der Waals surface area (Å²) in [6.07, 6.45) is 3.12. The maximum atomic E-state index is 13.4. The van der Waals surface area contributed by atoms with Gasteiger partial charge in [0.1, 0.15) is 5.54 Å². The van der Waals surface area contributed by atoms with Crippen LogP contribution in [-0.4, -0.2) is 37.3 Å². The average molecular weight is 465 g/mol. The maximum absolute atomic E-state index is 13.4. The number of nitrogens with one attached hydrogen (secondary N) is 1. The molecular weight excluding hydrogens is 440 g/mol. The van der Waals surface area contributed by atoms with Crippen LogP contribution in [0.15, 0.2) is 54.7 Å². The Morgan fingerprint density at radius 2 is 1.69 bits per heavy atom. The summed E-state index contributed by atoms with van der Waals surface area (Å²) in [6.45, 7) is 2.12. The minimum atomic E-state index is -1.14. The van der Waals surface area contributed by atoms with Crippen LogP contribution in [0.5, 0.6) is 5.88 Å². The molecule has 2 bridgehead atoms. The highest BCUT2D eigenvalue weighted by atomic mass is 16.5. The summed E-state index contributed by atoms with van der Waals surface area (Å²) in [5.41, 5.74) is 10.2. The number of nitrogens with two attached hydrogens (primary N) is 1. The van der Waals surface area contributed by atoms with E-state index in [1.54, 1.807) is 0 Å². The summed E-state index contributed by atoms with van der Waals surface area (Å²) in [5, 5.41) is 17.1. The quantitative estimate of drug-likeness (QED) is 0.305. The van der Waals surface area contributed by atoms with Crippen LogP contribution in [0.2, 0.25) is 0 Å². The van der Waals surface area contributed by atoms with E-state index < -0.39 is 5.54 Å². The largest absolute Gasteiger partial charge is 0.494 e. The van der Waals surface area contributed by atoms with Crippen molar-refractivity contribution in [2.45, 2.75) is 37.4 Å². The Hall–Kier alpha value is -3.97. The fourth-order valence-electron chi connectivity index (χ4n) is 7.18. The van der Waals surface area contributed by atoms with Crippen molar-refractivity contribution in [2.24, 2.45) is 5.73 Å². The first-order valence-electron chi connectivity index (χ1n) is 12.2. The van der Waals surface area contributed by atoms with E-state index in [4.69, 9.17) is 10.5 Å². The molecule has 7 nitrogen and oxygen atoms in total. The molecule has 3 atom stereocenters. The number of hydrogen-bond acceptors (Lipinski definition) is 4. The number of nitrogens with zero attached hydrogens (tertiary/aromatic N) is 2. The molecule has 4 heterocycles. The minimum Gasteiger partial charge on any atom is -0.494 e. The number of benzene rings is 3. The number of rotatable bonds is 2. The average Bonchev–Trinajstić information content (AvgIpc) is 3.56. The molecular formula is C28H24N4O3. The van der Waals surface area contributed by atoms with Gasteiger partial charge in [0.2, 0.25) is 0 Å². The third kappa shape index (κ3) is 2.06. The van der Waals surface area contributed by atoms with E-state index in [0.29, 0.717) is 13.0 Å². The molecule has 0 spiro atoms. The highest BCUT2D eigenvalue weighted by molar-refractivity contribution is 6.37. The van der Waals surface area contributed by atoms with Crippen LogP contribution in [0.25, 0.3) is 54.4 Å². The van der Waals surface area contributed by atoms with E-state index in [0.717, 1.165) is 60.8 Å². The zero-order valence-electron chi connectivity index (χ0n) is 19.2. The van der Waals surface area contributed by atoms with Crippen molar-refractivity contribution in [3.05, 3.63) is 54.7 Å². The van der Waals surface area contributed by atoms with Crippen molar-refractivity contribution in [1.82, 2.24) is 14.1 Å². The molecule has 8 rings (SSSR count). The van der Waals surface area contributed by atoms with Crippen LogP contribution < -0.4 is 5.73 Å². The molecule has 3 aromatic carbocycles. The number of aromatic nitrogens is 3. The number of para-hydroxylation sites is 2. The molecule has 2 aliphatic rings. The predicted octanol–water partition coefficient (Wildman–Crippen LogP) is 5.24. The smallest absolute Gasteiger partial charge is 0.328 e. The molecule has 6 aromatic rings. The van der Waals surface area contributed by atoms with Gasteiger partial charge in [0.25, 0.3) is 0 Å². The van der Waals surface area contributed by atoms with Gasteiger partial charge in [-0.25, -0.2) is 4.79 Å². The number of carbonyl (C=O) groups excluding carboxylic acids is 1. The molecule has 3 aromatic heterocycles. The highest BCUT2D eigenvalue weighted by Gasteiger charge is 2.55. The van der Waals surface area contributed by atoms with Crippen LogP contribution in [0.4, 0.5) is 0 Å². The second-order valence-corrected chi connectivity index (χ2v) is 10.0. The third-order valence-corrected chi connectivity index (χ3v) is 8.42. The summed E-state index contributed by atoms with van der Waals surface area (Å²) in [5.74, 6) is -0.161. The van der Waals surface area contributed by atoms with Gasteiger partial charge >= 0.3 is 5.97 Å². The number of ether oxygens (including phenoxy) is 1. The fourth-order valence-corrected chi connectivity index (χ4v) is 7.18. The second kappa shape index (κ2) is 6.17. The van der Waals surface area contributed by atoms with Gasteiger partial charge < -0.3 is 29.7 Å². The predicted molar refractivity (Wildman–Crippen MR) is 137 cm³/mol. The second-order valence-electron chi connectivity index (χ2n) is 10.0. The monoisotopic (exact) mass is 464 g/mol. The van der Waals surface area contributed by atoms with Gasteiger partial charge in [-0.3, -0.25) is 0 Å². The molecule has 0 radical (unpaired) electrons. The van der Waals surface area contributed by atoms with Crippen molar-refractivity contribution in [3.8, 4) is 5.88 Å². The molecule has 0 saturated heterocycles. The maximum Gasteiger partial charge on any atom is 0.328 e. The van der Waals surface area contributed by atoms with Crippen LogP contribution in [-0.2, 0) is 9.53 Å². The van der Waals surface area contributed by atoms with Gasteiger partial charge in [-0.2, -0.15) is 0 Å². The van der Waals surface area contributed by atoms with Crippen LogP contribution in [0, 0.1) is 0 Å². The number of aromatic amines is 1. The summed E-state index contributed by atoms with van der Waals surface area (Å²) in [4.78, 5) is 16.4. The Bertz CT molecular complexity index is 1890. The number of H-pyrrole nitrogens is 1. The zero-order valence-corrected chi connectivity index (χ0v) is 19.2. The SMILES string of the molecule is CCOC(=O)[C@]1(N)CC2CC1n1c3ccccc3c3c4c[nH]c(O)c4c4c5ccccc5n2c4c31. The topological polar surface area (TPSA) is 98.2 Å². The van der Waals surface area contributed by atoms with Crippen LogP contribution in [0.1, 0.15) is 31.8 Å². The molecule has 1 aliphatic heterocycles. The van der Waals surface area contributed by atoms with Crippen molar-refractivity contribution in [3.63, 3.8) is 0 Å². The number of fused-ring (bicyclic) bond motifs is 13. The Morgan fingerprint density at radius 3 is 2.43 bits per heavy atom. The Morgan fingerprint density at radius 1 is 1.03 bits per heavy atom. The molecule has 1 fully saturated rings. The van der Waals surface area contributed by atoms with Gasteiger partial charge in [0.05, 0.1) is 29.1 Å². The number of esters is 1. The first kappa shape index (κ1) is 19.3. The lowest BCUT2D eigenvalue weighted by atomic mass is 9.93. The Balaban J connectivity index is 1.69. The summed E-state index contributed by atoms with van der Waals surface area (Å²) >= 11 is 0. The molecule has 174 valence electrons. The number of carbonyl (C=O) groups is 1. The molecule has 1 aliphatic carbocycles. The Kier molecular flexibility index (Phi) is 3.41. The molecule has 2 unspecified atom stereocenters. The zero-order chi connectivity index (χ0) is 23.6. The van der Waals surface area contributed by atoms with Gasteiger partial charge in [-0.05, 0) is 31.9 Å². The third-order valence-electron chi connectivity index (χ3n) is 8.42. The Labute approximate surface area is 199 Å². The van der Waals surface area contributed by atoms with Gasteiger partial charge in [0, 0.05) is 50.2 Å². The summed E-state index contributed by atoms with van der Waals surface area (Å²) in [7, 11) is 0. The first-order chi connectivity index (χ1) is 17.0. The van der Waals surface area contributed by atoms with Crippen LogP contribution >= 0.6 is 0 Å². The molecule has 4 N–H and O–H groups in total. The van der Waals surface area contributed by atoms with Gasteiger partial charge in [0.15, 0.2) is 5.88 Å². The van der Waals surface area contributed by atoms with Gasteiger partial charge in [-0.15, -0.1) is 0 Å². The molecule has 0 amide bonds.